The third kappa shape index (κ3) is 14.0. The van der Waals surface area contributed by atoms with E-state index in [0.717, 1.165) is 25.7 Å². The molecule has 1 rings (SSSR count). The number of allylic oxidation sites excluding steroid dienone is 1. The summed E-state index contributed by atoms with van der Waals surface area (Å²) in [5.41, 5.74) is 1.16. The van der Waals surface area contributed by atoms with E-state index in [-0.39, 0.29) is 18.4 Å². The van der Waals surface area contributed by atoms with E-state index in [9.17, 15) is 9.59 Å². The Morgan fingerprint density at radius 1 is 0.971 bits per heavy atom. The number of carbonyl (C=O) groups excluding carboxylic acids is 2. The molecule has 0 aliphatic heterocycles. The monoisotopic (exact) mass is 488 g/mol. The summed E-state index contributed by atoms with van der Waals surface area (Å²) < 4.78 is 5.10. The van der Waals surface area contributed by atoms with Crippen molar-refractivity contribution in [2.75, 3.05) is 23.6 Å². The lowest BCUT2D eigenvalue weighted by atomic mass is 10.1. The maximum absolute atomic E-state index is 13.1. The van der Waals surface area contributed by atoms with Crippen LogP contribution in [0.15, 0.2) is 36.4 Å². The van der Waals surface area contributed by atoms with Crippen LogP contribution in [0, 0.1) is 5.92 Å². The molecule has 0 aromatic heterocycles. The molecular formula is C29H48N2O4. The van der Waals surface area contributed by atoms with Crippen molar-refractivity contribution in [2.45, 2.75) is 105 Å². The highest BCUT2D eigenvalue weighted by Gasteiger charge is 2.23. The number of hydrogen-bond donors (Lipinski definition) is 1. The summed E-state index contributed by atoms with van der Waals surface area (Å²) in [6, 6.07) is 7.13. The van der Waals surface area contributed by atoms with Crippen LogP contribution in [-0.4, -0.2) is 25.2 Å². The highest BCUT2D eigenvalue weighted by molar-refractivity contribution is 5.94. The van der Waals surface area contributed by atoms with Gasteiger partial charge in [0, 0.05) is 11.6 Å². The van der Waals surface area contributed by atoms with Crippen LogP contribution in [0.3, 0.4) is 0 Å². The molecule has 6 nitrogen and oxygen atoms in total. The summed E-state index contributed by atoms with van der Waals surface area (Å²) in [6.07, 6.45) is 17.2. The van der Waals surface area contributed by atoms with Crippen molar-refractivity contribution in [2.24, 2.45) is 5.92 Å². The van der Waals surface area contributed by atoms with Crippen molar-refractivity contribution in [1.29, 1.82) is 0 Å². The number of amides is 2. The third-order valence-electron chi connectivity index (χ3n) is 5.94. The second kappa shape index (κ2) is 19.9. The van der Waals surface area contributed by atoms with Crippen LogP contribution >= 0.6 is 0 Å². The van der Waals surface area contributed by atoms with Crippen LogP contribution in [0.2, 0.25) is 0 Å². The normalized spacial score (nSPS) is 12.0. The first-order valence-corrected chi connectivity index (χ1v) is 13.6. The number of hydroxylamine groups is 1. The summed E-state index contributed by atoms with van der Waals surface area (Å²) in [5, 5.41) is 4.12. The van der Waals surface area contributed by atoms with Crippen molar-refractivity contribution < 1.29 is 19.2 Å². The van der Waals surface area contributed by atoms with Crippen molar-refractivity contribution >= 4 is 23.4 Å². The summed E-state index contributed by atoms with van der Waals surface area (Å²) >= 11 is 0. The molecule has 0 bridgehead atoms. The summed E-state index contributed by atoms with van der Waals surface area (Å²) in [6.45, 7) is 8.82. The molecule has 1 aromatic rings. The largest absolute Gasteiger partial charge is 0.445 e. The highest BCUT2D eigenvalue weighted by Crippen LogP contribution is 2.24. The molecule has 0 spiro atoms. The molecule has 198 valence electrons. The van der Waals surface area contributed by atoms with Crippen LogP contribution in [0.25, 0.3) is 0 Å². The van der Waals surface area contributed by atoms with Crippen LogP contribution in [0.4, 0.5) is 16.2 Å². The van der Waals surface area contributed by atoms with Gasteiger partial charge in [-0.1, -0.05) is 103 Å². The first-order valence-electron chi connectivity index (χ1n) is 13.6. The smallest absolute Gasteiger partial charge is 0.411 e. The van der Waals surface area contributed by atoms with E-state index >= 15 is 0 Å². The van der Waals surface area contributed by atoms with Gasteiger partial charge in [0.2, 0.25) is 0 Å². The Morgan fingerprint density at radius 2 is 1.63 bits per heavy atom. The second-order valence-corrected chi connectivity index (χ2v) is 9.18. The molecule has 0 saturated carbocycles. The Labute approximate surface area is 213 Å². The maximum atomic E-state index is 13.1. The van der Waals surface area contributed by atoms with Crippen molar-refractivity contribution in [3.05, 3.63) is 36.4 Å². The molecule has 1 N–H and O–H groups in total. The minimum absolute atomic E-state index is 0.0632. The topological polar surface area (TPSA) is 67.9 Å². The molecule has 0 heterocycles. The predicted molar refractivity (Wildman–Crippen MR) is 146 cm³/mol. The predicted octanol–water partition coefficient (Wildman–Crippen LogP) is 8.43. The molecule has 2 amide bonds. The fourth-order valence-electron chi connectivity index (χ4n) is 3.85. The zero-order chi connectivity index (χ0) is 25.7. The summed E-state index contributed by atoms with van der Waals surface area (Å²) in [7, 11) is 0. The molecule has 1 atom stereocenters. The Hall–Kier alpha value is -2.34. The lowest BCUT2D eigenvalue weighted by Gasteiger charge is -2.25. The van der Waals surface area contributed by atoms with Gasteiger partial charge in [-0.3, -0.25) is 14.9 Å². The van der Waals surface area contributed by atoms with Gasteiger partial charge in [0.15, 0.2) is 0 Å². The average molecular weight is 489 g/mol. The van der Waals surface area contributed by atoms with Gasteiger partial charge >= 0.3 is 6.09 Å². The van der Waals surface area contributed by atoms with Crippen LogP contribution in [0.1, 0.15) is 105 Å². The second-order valence-electron chi connectivity index (χ2n) is 9.18. The number of nitrogens with one attached hydrogen (secondary N) is 1. The number of rotatable bonds is 19. The van der Waals surface area contributed by atoms with E-state index in [2.05, 4.69) is 19.2 Å². The molecule has 0 aliphatic rings. The van der Waals surface area contributed by atoms with Gasteiger partial charge in [-0.05, 0) is 38.0 Å². The number of benzene rings is 1. The lowest BCUT2D eigenvalue weighted by molar-refractivity contribution is -0.129. The molecule has 6 heteroatoms. The minimum atomic E-state index is -0.538. The van der Waals surface area contributed by atoms with Crippen LogP contribution in [-0.2, 0) is 14.4 Å². The van der Waals surface area contributed by atoms with Crippen LogP contribution in [0.5, 0.6) is 0 Å². The van der Waals surface area contributed by atoms with E-state index in [1.54, 1.807) is 24.3 Å². The molecule has 0 radical (unpaired) electrons. The molecule has 0 fully saturated rings. The number of carbonyl (C=O) groups is 2. The zero-order valence-electron chi connectivity index (χ0n) is 22.5. The standard InChI is InChI=1S/C29H48N2O4/c1-5-8-10-11-12-13-14-15-16-17-23-35-31(28(32)25(4)19-7-3)27-21-18-20-26(24-27)30-29(33)34-22-9-6-2/h6,9,18,20-21,24-25H,5,7-8,10-17,19,22-23H2,1-4H3,(H,30,33). The Kier molecular flexibility index (Phi) is 17.5. The summed E-state index contributed by atoms with van der Waals surface area (Å²) in [5.74, 6) is -0.207. The van der Waals surface area contributed by atoms with Gasteiger partial charge in [-0.2, -0.15) is 5.06 Å². The first kappa shape index (κ1) is 30.7. The van der Waals surface area contributed by atoms with Crippen LogP contribution < -0.4 is 10.4 Å². The van der Waals surface area contributed by atoms with E-state index in [1.807, 2.05) is 26.0 Å². The lowest BCUT2D eigenvalue weighted by Crippen LogP contribution is -2.35. The maximum Gasteiger partial charge on any atom is 0.411 e. The van der Waals surface area contributed by atoms with E-state index < -0.39 is 6.09 Å². The zero-order valence-corrected chi connectivity index (χ0v) is 22.5. The van der Waals surface area contributed by atoms with Gasteiger partial charge in [0.1, 0.15) is 6.61 Å². The molecule has 1 aromatic carbocycles. The first-order chi connectivity index (χ1) is 17.0. The van der Waals surface area contributed by atoms with E-state index in [0.29, 0.717) is 18.0 Å². The van der Waals surface area contributed by atoms with Gasteiger partial charge in [-0.25, -0.2) is 4.79 Å². The number of unbranched alkanes of at least 4 members (excludes halogenated alkanes) is 9. The number of nitrogens with zero attached hydrogens (tertiary/aromatic N) is 1. The SMILES string of the molecule is CC=CCOC(=O)Nc1cccc(N(OCCCCCCCCCCCC)C(=O)C(C)CCC)c1. The van der Waals surface area contributed by atoms with Crippen molar-refractivity contribution in [3.63, 3.8) is 0 Å². The number of hydrogen-bond acceptors (Lipinski definition) is 4. The van der Waals surface area contributed by atoms with Crippen molar-refractivity contribution in [3.8, 4) is 0 Å². The Morgan fingerprint density at radius 3 is 2.26 bits per heavy atom. The van der Waals surface area contributed by atoms with E-state index in [1.165, 1.54) is 56.4 Å². The van der Waals surface area contributed by atoms with Gasteiger partial charge < -0.3 is 4.74 Å². The van der Waals surface area contributed by atoms with Gasteiger partial charge in [-0.15, -0.1) is 0 Å². The fourth-order valence-corrected chi connectivity index (χ4v) is 3.85. The minimum Gasteiger partial charge on any atom is -0.445 e. The van der Waals surface area contributed by atoms with E-state index in [4.69, 9.17) is 9.57 Å². The number of anilines is 2. The average Bonchev–Trinajstić information content (AvgIpc) is 2.85. The van der Waals surface area contributed by atoms with Gasteiger partial charge in [0.05, 0.1) is 12.3 Å². The Balaban J connectivity index is 2.60. The molecule has 1 unspecified atom stereocenters. The highest BCUT2D eigenvalue weighted by atomic mass is 16.7. The number of ether oxygens (including phenoxy) is 1. The molecule has 35 heavy (non-hydrogen) atoms. The fraction of sp³-hybridized carbons (Fsp3) is 0.655. The summed E-state index contributed by atoms with van der Waals surface area (Å²) in [4.78, 5) is 31.1. The Bertz CT molecular complexity index is 735. The van der Waals surface area contributed by atoms with Gasteiger partial charge in [0.25, 0.3) is 5.91 Å². The molecular weight excluding hydrogens is 440 g/mol. The van der Waals surface area contributed by atoms with Crippen molar-refractivity contribution in [1.82, 2.24) is 0 Å². The molecule has 0 saturated heterocycles. The third-order valence-corrected chi connectivity index (χ3v) is 5.94. The molecule has 0 aliphatic carbocycles. The quantitative estimate of drug-likeness (QED) is 0.120.